The van der Waals surface area contributed by atoms with Gasteiger partial charge in [0.15, 0.2) is 0 Å². The van der Waals surface area contributed by atoms with Crippen molar-refractivity contribution in [2.45, 2.75) is 51.2 Å². The molecule has 2 bridgehead atoms. The summed E-state index contributed by atoms with van der Waals surface area (Å²) in [6.45, 7) is 10.6. The number of amides is 1. The molecule has 1 aromatic carbocycles. The molecular formula is C29H38N4O3. The Kier molecular flexibility index (Phi) is 6.71. The quantitative estimate of drug-likeness (QED) is 0.660. The van der Waals surface area contributed by atoms with Crippen LogP contribution in [0.4, 0.5) is 0 Å². The third-order valence-electron chi connectivity index (χ3n) is 8.86. The van der Waals surface area contributed by atoms with Gasteiger partial charge in [-0.15, -0.1) is 0 Å². The topological polar surface area (TPSA) is 58.0 Å². The minimum Gasteiger partial charge on any atom is -0.379 e. The van der Waals surface area contributed by atoms with Crippen LogP contribution in [-0.2, 0) is 22.6 Å². The lowest BCUT2D eigenvalue weighted by atomic mass is 9.81. The zero-order valence-corrected chi connectivity index (χ0v) is 21.4. The number of aromatic nitrogens is 1. The number of carbonyl (C=O) groups excluding carboxylic acids is 1. The van der Waals surface area contributed by atoms with Crippen LogP contribution in [0.5, 0.6) is 0 Å². The Bertz CT molecular complexity index is 1160. The average molecular weight is 491 g/mol. The van der Waals surface area contributed by atoms with Gasteiger partial charge in [-0.1, -0.05) is 24.3 Å². The summed E-state index contributed by atoms with van der Waals surface area (Å²) in [6, 6.07) is 13.3. The summed E-state index contributed by atoms with van der Waals surface area (Å²) in [5, 5.41) is 0. The van der Waals surface area contributed by atoms with Gasteiger partial charge in [-0.05, 0) is 48.4 Å². The molecule has 0 spiro atoms. The van der Waals surface area contributed by atoms with Gasteiger partial charge in [0.25, 0.3) is 5.56 Å². The summed E-state index contributed by atoms with van der Waals surface area (Å²) in [6.07, 6.45) is 3.30. The first-order valence-corrected chi connectivity index (χ1v) is 13.7. The Morgan fingerprint density at radius 1 is 0.944 bits per heavy atom. The molecule has 1 aromatic heterocycles. The molecule has 7 heteroatoms. The molecule has 2 aromatic rings. The lowest BCUT2D eigenvalue weighted by molar-refractivity contribution is -0.130. The molecule has 0 saturated carbocycles. The molecule has 4 aliphatic rings. The first-order valence-electron chi connectivity index (χ1n) is 13.7. The van der Waals surface area contributed by atoms with Crippen LogP contribution in [-0.4, -0.2) is 83.7 Å². The van der Waals surface area contributed by atoms with Crippen molar-refractivity contribution in [3.63, 3.8) is 0 Å². The molecule has 3 saturated heterocycles. The summed E-state index contributed by atoms with van der Waals surface area (Å²) in [5.74, 6) is 1.12. The summed E-state index contributed by atoms with van der Waals surface area (Å²) in [5.41, 5.74) is 4.49. The van der Waals surface area contributed by atoms with Gasteiger partial charge < -0.3 is 14.2 Å². The second kappa shape index (κ2) is 10.1. The number of piperidine rings is 2. The Hall–Kier alpha value is -2.48. The van der Waals surface area contributed by atoms with E-state index in [-0.39, 0.29) is 11.5 Å². The highest BCUT2D eigenvalue weighted by Gasteiger charge is 2.38. The number of benzene rings is 1. The Morgan fingerprint density at radius 3 is 2.50 bits per heavy atom. The number of morpholine rings is 1. The smallest absolute Gasteiger partial charge is 0.258 e. The predicted molar refractivity (Wildman–Crippen MR) is 140 cm³/mol. The fraction of sp³-hybridized carbons (Fsp3) is 0.586. The maximum atomic E-state index is 13.9. The van der Waals surface area contributed by atoms with Gasteiger partial charge >= 0.3 is 0 Å². The van der Waals surface area contributed by atoms with Crippen molar-refractivity contribution in [1.82, 2.24) is 19.3 Å². The van der Waals surface area contributed by atoms with Crippen LogP contribution in [0.1, 0.15) is 43.4 Å². The number of hydrogen-bond acceptors (Lipinski definition) is 5. The molecule has 0 unspecified atom stereocenters. The molecular weight excluding hydrogens is 452 g/mol. The van der Waals surface area contributed by atoms with Gasteiger partial charge in [-0.3, -0.25) is 19.4 Å². The fourth-order valence-corrected chi connectivity index (χ4v) is 6.95. The van der Waals surface area contributed by atoms with E-state index in [2.05, 4.69) is 44.7 Å². The largest absolute Gasteiger partial charge is 0.379 e. The third-order valence-corrected chi connectivity index (χ3v) is 8.86. The zero-order chi connectivity index (χ0) is 24.6. The SMILES string of the molecule is CC(=O)N1CCC(N2C[C@H]3C[C@H](C2)c2ccc(-c4ccccc4CN4CCOCC4)c(=O)n2C3)CC1. The van der Waals surface area contributed by atoms with Crippen LogP contribution in [0.2, 0.25) is 0 Å². The van der Waals surface area contributed by atoms with E-state index in [0.29, 0.717) is 17.9 Å². The van der Waals surface area contributed by atoms with Gasteiger partial charge in [0.05, 0.1) is 13.2 Å². The standard InChI is InChI=1S/C29H38N4O3/c1-21(34)31-10-8-25(9-11-31)32-17-22-16-24(20-32)28-7-6-27(29(35)33(28)18-22)26-5-3-2-4-23(26)19-30-12-14-36-15-13-30/h2-7,22,24-25H,8-20H2,1H3/t22-,24-/m1/s1. The van der Waals surface area contributed by atoms with E-state index in [1.54, 1.807) is 6.92 Å². The second-order valence-electron chi connectivity index (χ2n) is 11.1. The normalized spacial score (nSPS) is 25.5. The van der Waals surface area contributed by atoms with Crippen LogP contribution in [0.3, 0.4) is 0 Å². The predicted octanol–water partition coefficient (Wildman–Crippen LogP) is 2.78. The number of fused-ring (bicyclic) bond motifs is 4. The van der Waals surface area contributed by atoms with Crippen molar-refractivity contribution < 1.29 is 9.53 Å². The molecule has 192 valence electrons. The third kappa shape index (κ3) is 4.64. The highest BCUT2D eigenvalue weighted by atomic mass is 16.5. The molecule has 5 heterocycles. The van der Waals surface area contributed by atoms with Crippen LogP contribution in [0.15, 0.2) is 41.2 Å². The number of nitrogens with zero attached hydrogens (tertiary/aromatic N) is 4. The van der Waals surface area contributed by atoms with E-state index < -0.39 is 0 Å². The van der Waals surface area contributed by atoms with E-state index >= 15 is 0 Å². The minimum atomic E-state index is 0.167. The van der Waals surface area contributed by atoms with Crippen molar-refractivity contribution in [1.29, 1.82) is 0 Å². The van der Waals surface area contributed by atoms with E-state index in [1.807, 2.05) is 11.0 Å². The highest BCUT2D eigenvalue weighted by Crippen LogP contribution is 2.38. The van der Waals surface area contributed by atoms with E-state index in [0.717, 1.165) is 89.5 Å². The zero-order valence-electron chi connectivity index (χ0n) is 21.4. The van der Waals surface area contributed by atoms with Gasteiger partial charge in [0.2, 0.25) is 5.91 Å². The van der Waals surface area contributed by atoms with Crippen molar-refractivity contribution in [2.75, 3.05) is 52.5 Å². The lowest BCUT2D eigenvalue weighted by Crippen LogP contribution is -2.53. The summed E-state index contributed by atoms with van der Waals surface area (Å²) < 4.78 is 7.61. The lowest BCUT2D eigenvalue weighted by Gasteiger charge is -2.47. The molecule has 0 aliphatic carbocycles. The molecule has 0 radical (unpaired) electrons. The Morgan fingerprint density at radius 2 is 1.72 bits per heavy atom. The first-order chi connectivity index (χ1) is 17.6. The fourth-order valence-electron chi connectivity index (χ4n) is 6.95. The van der Waals surface area contributed by atoms with Crippen LogP contribution in [0, 0.1) is 5.92 Å². The Labute approximate surface area is 213 Å². The molecule has 0 N–H and O–H groups in total. The van der Waals surface area contributed by atoms with E-state index in [1.165, 1.54) is 17.7 Å². The van der Waals surface area contributed by atoms with Gasteiger partial charge in [0, 0.05) is 82.5 Å². The van der Waals surface area contributed by atoms with E-state index in [4.69, 9.17) is 4.74 Å². The summed E-state index contributed by atoms with van der Waals surface area (Å²) in [4.78, 5) is 32.6. The van der Waals surface area contributed by atoms with Crippen LogP contribution in [0.25, 0.3) is 11.1 Å². The maximum Gasteiger partial charge on any atom is 0.258 e. The molecule has 7 nitrogen and oxygen atoms in total. The number of carbonyl (C=O) groups is 1. The number of hydrogen-bond donors (Lipinski definition) is 0. The van der Waals surface area contributed by atoms with Crippen LogP contribution >= 0.6 is 0 Å². The van der Waals surface area contributed by atoms with Crippen molar-refractivity contribution in [3.05, 3.63) is 58.0 Å². The molecule has 1 amide bonds. The van der Waals surface area contributed by atoms with E-state index in [9.17, 15) is 9.59 Å². The number of rotatable bonds is 4. The molecule has 4 aliphatic heterocycles. The Balaban J connectivity index is 1.23. The molecule has 2 atom stereocenters. The molecule has 3 fully saturated rings. The summed E-state index contributed by atoms with van der Waals surface area (Å²) >= 11 is 0. The molecule has 36 heavy (non-hydrogen) atoms. The monoisotopic (exact) mass is 490 g/mol. The average Bonchev–Trinajstić information content (AvgIpc) is 2.90. The minimum absolute atomic E-state index is 0.167. The number of ether oxygens (including phenoxy) is 1. The van der Waals surface area contributed by atoms with Crippen molar-refractivity contribution >= 4 is 5.91 Å². The van der Waals surface area contributed by atoms with Gasteiger partial charge in [0.1, 0.15) is 0 Å². The number of likely N-dealkylation sites (tertiary alicyclic amines) is 2. The number of pyridine rings is 1. The van der Waals surface area contributed by atoms with Crippen molar-refractivity contribution in [3.8, 4) is 11.1 Å². The van der Waals surface area contributed by atoms with Crippen molar-refractivity contribution in [2.24, 2.45) is 5.92 Å². The highest BCUT2D eigenvalue weighted by molar-refractivity contribution is 5.73. The summed E-state index contributed by atoms with van der Waals surface area (Å²) in [7, 11) is 0. The van der Waals surface area contributed by atoms with Gasteiger partial charge in [-0.2, -0.15) is 0 Å². The van der Waals surface area contributed by atoms with Crippen LogP contribution < -0.4 is 5.56 Å². The first kappa shape index (κ1) is 23.9. The maximum absolute atomic E-state index is 13.9. The molecule has 6 rings (SSSR count). The second-order valence-corrected chi connectivity index (χ2v) is 11.1. The van der Waals surface area contributed by atoms with Gasteiger partial charge in [-0.25, -0.2) is 0 Å².